The lowest BCUT2D eigenvalue weighted by molar-refractivity contribution is -0.144. The molecule has 29 heavy (non-hydrogen) atoms. The maximum atomic E-state index is 12.5. The minimum atomic E-state index is -1.21. The van der Waals surface area contributed by atoms with E-state index in [2.05, 4.69) is 10.6 Å². The Hall–Kier alpha value is -2.94. The summed E-state index contributed by atoms with van der Waals surface area (Å²) < 4.78 is 0. The van der Waals surface area contributed by atoms with Crippen LogP contribution in [0.25, 0.3) is 0 Å². The molecule has 0 aliphatic rings. The zero-order valence-corrected chi connectivity index (χ0v) is 17.2. The van der Waals surface area contributed by atoms with Gasteiger partial charge in [-0.2, -0.15) is 0 Å². The maximum Gasteiger partial charge on any atom is 0.308 e. The summed E-state index contributed by atoms with van der Waals surface area (Å²) in [5, 5.41) is 21.8. The van der Waals surface area contributed by atoms with Crippen molar-refractivity contribution in [3.05, 3.63) is 35.9 Å². The molecule has 0 fully saturated rings. The molecule has 0 bridgehead atoms. The molecule has 9 nitrogen and oxygen atoms in total. The quantitative estimate of drug-likeness (QED) is 0.411. The second kappa shape index (κ2) is 13.3. The zero-order valence-electron chi connectivity index (χ0n) is 17.2. The Morgan fingerprint density at radius 2 is 1.48 bits per heavy atom. The fourth-order valence-electron chi connectivity index (χ4n) is 2.38. The highest BCUT2D eigenvalue weighted by Gasteiger charge is 2.29. The van der Waals surface area contributed by atoms with Gasteiger partial charge in [-0.05, 0) is 25.3 Å². The monoisotopic (exact) mass is 409 g/mol. The predicted octanol–water partition coefficient (Wildman–Crippen LogP) is 1.29. The standard InChI is InChI=1S/C18H27N3O4.C2H4O2/c1-4-13(12-9-7-6-8-10-12)20-16(22)14(5-2)21-17(23)15(19)11(3)18(24)25;1-2(3)4/h6-11,13-15H,4-5,19H2,1-3H3,(H,20,22)(H,21,23)(H,24,25);1H3,(H,3,4)/t11?,13?,14-,15-;/m0./s1. The van der Waals surface area contributed by atoms with Crippen LogP contribution in [-0.2, 0) is 19.2 Å². The first kappa shape index (κ1) is 26.1. The van der Waals surface area contributed by atoms with Crippen molar-refractivity contribution >= 4 is 23.8 Å². The highest BCUT2D eigenvalue weighted by atomic mass is 16.4. The van der Waals surface area contributed by atoms with Crippen molar-refractivity contribution in [1.82, 2.24) is 10.6 Å². The second-order valence-electron chi connectivity index (χ2n) is 6.52. The van der Waals surface area contributed by atoms with Gasteiger partial charge in [0.1, 0.15) is 6.04 Å². The summed E-state index contributed by atoms with van der Waals surface area (Å²) >= 11 is 0. The van der Waals surface area contributed by atoms with Crippen molar-refractivity contribution in [3.63, 3.8) is 0 Å². The third kappa shape index (κ3) is 9.70. The smallest absolute Gasteiger partial charge is 0.308 e. The number of carboxylic acids is 2. The lowest BCUT2D eigenvalue weighted by Gasteiger charge is -2.24. The molecule has 0 aromatic heterocycles. The van der Waals surface area contributed by atoms with Crippen LogP contribution >= 0.6 is 0 Å². The van der Waals surface area contributed by atoms with Gasteiger partial charge in [0.25, 0.3) is 5.97 Å². The Morgan fingerprint density at radius 3 is 1.90 bits per heavy atom. The highest BCUT2D eigenvalue weighted by molar-refractivity contribution is 5.92. The topological polar surface area (TPSA) is 159 Å². The van der Waals surface area contributed by atoms with Gasteiger partial charge in [0.2, 0.25) is 11.8 Å². The number of carboxylic acid groups (broad SMARTS) is 2. The summed E-state index contributed by atoms with van der Waals surface area (Å²) in [7, 11) is 0. The van der Waals surface area contributed by atoms with Crippen LogP contribution in [0.4, 0.5) is 0 Å². The van der Waals surface area contributed by atoms with Crippen LogP contribution in [0.2, 0.25) is 0 Å². The van der Waals surface area contributed by atoms with E-state index in [0.717, 1.165) is 12.5 Å². The molecule has 0 spiro atoms. The molecular formula is C20H31N3O6. The summed E-state index contributed by atoms with van der Waals surface area (Å²) in [6.45, 7) is 6.16. The van der Waals surface area contributed by atoms with Gasteiger partial charge < -0.3 is 26.6 Å². The molecule has 0 saturated heterocycles. The maximum absolute atomic E-state index is 12.5. The third-order valence-corrected chi connectivity index (χ3v) is 4.20. The second-order valence-corrected chi connectivity index (χ2v) is 6.52. The van der Waals surface area contributed by atoms with E-state index in [0.29, 0.717) is 12.8 Å². The Balaban J connectivity index is 0.00000178. The number of rotatable bonds is 9. The molecule has 0 aliphatic heterocycles. The van der Waals surface area contributed by atoms with Crippen LogP contribution in [0, 0.1) is 5.92 Å². The molecule has 4 atom stereocenters. The van der Waals surface area contributed by atoms with Crippen molar-refractivity contribution in [1.29, 1.82) is 0 Å². The highest BCUT2D eigenvalue weighted by Crippen LogP contribution is 2.16. The molecule has 2 unspecified atom stereocenters. The Labute approximate surface area is 170 Å². The average molecular weight is 409 g/mol. The third-order valence-electron chi connectivity index (χ3n) is 4.20. The molecular weight excluding hydrogens is 378 g/mol. The fraction of sp³-hybridized carbons (Fsp3) is 0.500. The van der Waals surface area contributed by atoms with Crippen LogP contribution in [0.3, 0.4) is 0 Å². The molecule has 0 saturated carbocycles. The van der Waals surface area contributed by atoms with E-state index in [4.69, 9.17) is 20.7 Å². The Bertz CT molecular complexity index is 676. The lowest BCUT2D eigenvalue weighted by atomic mass is 10.0. The van der Waals surface area contributed by atoms with Crippen LogP contribution in [0.5, 0.6) is 0 Å². The van der Waals surface area contributed by atoms with Gasteiger partial charge in [-0.25, -0.2) is 0 Å². The van der Waals surface area contributed by atoms with Gasteiger partial charge >= 0.3 is 5.97 Å². The molecule has 9 heteroatoms. The van der Waals surface area contributed by atoms with E-state index in [1.165, 1.54) is 6.92 Å². The lowest BCUT2D eigenvalue weighted by Crippen LogP contribution is -2.54. The molecule has 6 N–H and O–H groups in total. The van der Waals surface area contributed by atoms with E-state index < -0.39 is 35.8 Å². The Kier molecular flexibility index (Phi) is 11.9. The molecule has 1 rings (SSSR count). The molecule has 1 aromatic rings. The first-order valence-electron chi connectivity index (χ1n) is 9.38. The molecule has 1 aromatic carbocycles. The van der Waals surface area contributed by atoms with Crippen molar-refractivity contribution in [2.24, 2.45) is 11.7 Å². The summed E-state index contributed by atoms with van der Waals surface area (Å²) in [6.07, 6.45) is 1.08. The van der Waals surface area contributed by atoms with Crippen LogP contribution < -0.4 is 16.4 Å². The van der Waals surface area contributed by atoms with Crippen LogP contribution in [0.1, 0.15) is 52.1 Å². The first-order chi connectivity index (χ1) is 13.5. The molecule has 0 radical (unpaired) electrons. The van der Waals surface area contributed by atoms with Gasteiger partial charge in [-0.15, -0.1) is 0 Å². The normalized spacial score (nSPS) is 14.2. The van der Waals surface area contributed by atoms with Crippen molar-refractivity contribution in [3.8, 4) is 0 Å². The number of nitrogens with one attached hydrogen (secondary N) is 2. The molecule has 0 heterocycles. The van der Waals surface area contributed by atoms with Gasteiger partial charge in [0.05, 0.1) is 18.0 Å². The summed E-state index contributed by atoms with van der Waals surface area (Å²) in [5.41, 5.74) is 6.64. The van der Waals surface area contributed by atoms with Crippen LogP contribution in [-0.4, -0.2) is 46.0 Å². The van der Waals surface area contributed by atoms with E-state index in [-0.39, 0.29) is 11.9 Å². The van der Waals surface area contributed by atoms with Crippen LogP contribution in [0.15, 0.2) is 30.3 Å². The van der Waals surface area contributed by atoms with E-state index >= 15 is 0 Å². The van der Waals surface area contributed by atoms with E-state index in [1.54, 1.807) is 6.92 Å². The number of carbonyl (C=O) groups excluding carboxylic acids is 2. The number of amides is 2. The first-order valence-corrected chi connectivity index (χ1v) is 9.38. The number of nitrogens with two attached hydrogens (primary N) is 1. The molecule has 0 aliphatic carbocycles. The van der Waals surface area contributed by atoms with Crippen molar-refractivity contribution in [2.45, 2.75) is 58.7 Å². The number of hydrogen-bond acceptors (Lipinski definition) is 5. The average Bonchev–Trinajstić information content (AvgIpc) is 2.68. The van der Waals surface area contributed by atoms with Gasteiger partial charge in [-0.3, -0.25) is 19.2 Å². The van der Waals surface area contributed by atoms with Crippen molar-refractivity contribution < 1.29 is 29.4 Å². The summed E-state index contributed by atoms with van der Waals surface area (Å²) in [5.74, 6) is -3.99. The van der Waals surface area contributed by atoms with Gasteiger partial charge in [0, 0.05) is 6.92 Å². The number of aliphatic carboxylic acids is 2. The molecule has 162 valence electrons. The van der Waals surface area contributed by atoms with Gasteiger partial charge in [-0.1, -0.05) is 44.2 Å². The molecule has 2 amide bonds. The summed E-state index contributed by atoms with van der Waals surface area (Å²) in [4.78, 5) is 44.5. The number of carbonyl (C=O) groups is 4. The Morgan fingerprint density at radius 1 is 0.966 bits per heavy atom. The summed E-state index contributed by atoms with van der Waals surface area (Å²) in [6, 6.07) is 7.42. The minimum Gasteiger partial charge on any atom is -0.481 e. The SMILES string of the molecule is CC(=O)O.CCC(NC(=O)[C@H](CC)NC(=O)[C@@H](N)C(C)C(=O)O)c1ccccc1. The number of hydrogen-bond donors (Lipinski definition) is 5. The van der Waals surface area contributed by atoms with E-state index in [1.807, 2.05) is 37.3 Å². The predicted molar refractivity (Wildman–Crippen MR) is 108 cm³/mol. The fourth-order valence-corrected chi connectivity index (χ4v) is 2.38. The number of benzene rings is 1. The zero-order chi connectivity index (χ0) is 22.6. The minimum absolute atomic E-state index is 0.161. The largest absolute Gasteiger partial charge is 0.481 e. The van der Waals surface area contributed by atoms with E-state index in [9.17, 15) is 14.4 Å². The van der Waals surface area contributed by atoms with Crippen molar-refractivity contribution in [2.75, 3.05) is 0 Å². The van der Waals surface area contributed by atoms with Gasteiger partial charge in [0.15, 0.2) is 0 Å².